The van der Waals surface area contributed by atoms with E-state index < -0.39 is 0 Å². The van der Waals surface area contributed by atoms with Gasteiger partial charge in [-0.2, -0.15) is 0 Å². The van der Waals surface area contributed by atoms with Crippen LogP contribution in [0.1, 0.15) is 25.3 Å². The van der Waals surface area contributed by atoms with Gasteiger partial charge in [0.05, 0.1) is 0 Å². The van der Waals surface area contributed by atoms with Gasteiger partial charge in [-0.25, -0.2) is 4.98 Å². The lowest BCUT2D eigenvalue weighted by Crippen LogP contribution is -2.27. The number of rotatable bonds is 4. The Morgan fingerprint density at radius 3 is 2.94 bits per heavy atom. The minimum atomic E-state index is 0.365. The lowest BCUT2D eigenvalue weighted by atomic mass is 10.2. The summed E-state index contributed by atoms with van der Waals surface area (Å²) in [6.45, 7) is 7.15. The third kappa shape index (κ3) is 2.79. The van der Waals surface area contributed by atoms with Crippen LogP contribution >= 0.6 is 11.6 Å². The topological polar surface area (TPSA) is 38.1 Å². The molecule has 0 aliphatic carbocycles. The SMILES string of the molecule is CCNC(C)Cc1nc2cc(Cl)cc(C)c2o1. The van der Waals surface area contributed by atoms with Gasteiger partial charge in [0.2, 0.25) is 0 Å². The van der Waals surface area contributed by atoms with Crippen molar-refractivity contribution in [3.63, 3.8) is 0 Å². The second-order valence-electron chi connectivity index (χ2n) is 4.34. The normalized spacial score (nSPS) is 13.2. The summed E-state index contributed by atoms with van der Waals surface area (Å²) in [4.78, 5) is 4.47. The smallest absolute Gasteiger partial charge is 0.197 e. The van der Waals surface area contributed by atoms with E-state index in [2.05, 4.69) is 24.1 Å². The minimum Gasteiger partial charge on any atom is -0.440 e. The summed E-state index contributed by atoms with van der Waals surface area (Å²) in [5.74, 6) is 0.763. The van der Waals surface area contributed by atoms with Crippen LogP contribution in [0, 0.1) is 6.92 Å². The molecule has 1 heterocycles. The van der Waals surface area contributed by atoms with Gasteiger partial charge in [-0.05, 0) is 38.1 Å². The number of hydrogen-bond acceptors (Lipinski definition) is 3. The highest BCUT2D eigenvalue weighted by molar-refractivity contribution is 6.31. The van der Waals surface area contributed by atoms with Crippen molar-refractivity contribution in [1.82, 2.24) is 10.3 Å². The predicted molar refractivity (Wildman–Crippen MR) is 70.6 cm³/mol. The van der Waals surface area contributed by atoms with E-state index in [9.17, 15) is 0 Å². The van der Waals surface area contributed by atoms with Crippen LogP contribution in [-0.4, -0.2) is 17.6 Å². The molecule has 2 aromatic rings. The first-order chi connectivity index (χ1) is 8.10. The first-order valence-corrected chi connectivity index (χ1v) is 6.27. The molecule has 1 atom stereocenters. The maximum Gasteiger partial charge on any atom is 0.197 e. The number of hydrogen-bond donors (Lipinski definition) is 1. The number of aryl methyl sites for hydroxylation is 1. The van der Waals surface area contributed by atoms with Gasteiger partial charge in [0.15, 0.2) is 11.5 Å². The van der Waals surface area contributed by atoms with Gasteiger partial charge in [-0.15, -0.1) is 0 Å². The fraction of sp³-hybridized carbons (Fsp3) is 0.462. The van der Waals surface area contributed by atoms with Gasteiger partial charge in [0.1, 0.15) is 5.52 Å². The summed E-state index contributed by atoms with van der Waals surface area (Å²) < 4.78 is 5.76. The molecule has 2 rings (SSSR count). The van der Waals surface area contributed by atoms with Crippen LogP contribution in [-0.2, 0) is 6.42 Å². The first kappa shape index (κ1) is 12.4. The third-order valence-corrected chi connectivity index (χ3v) is 2.94. The Hall–Kier alpha value is -1.06. The molecule has 1 aromatic carbocycles. The highest BCUT2D eigenvalue weighted by Crippen LogP contribution is 2.24. The minimum absolute atomic E-state index is 0.365. The lowest BCUT2D eigenvalue weighted by Gasteiger charge is -2.08. The highest BCUT2D eigenvalue weighted by Gasteiger charge is 2.11. The van der Waals surface area contributed by atoms with Crippen molar-refractivity contribution in [2.45, 2.75) is 33.2 Å². The predicted octanol–water partition coefficient (Wildman–Crippen LogP) is 3.33. The van der Waals surface area contributed by atoms with E-state index in [-0.39, 0.29) is 0 Å². The molecule has 4 heteroatoms. The molecule has 1 N–H and O–H groups in total. The van der Waals surface area contributed by atoms with Crippen LogP contribution in [0.2, 0.25) is 5.02 Å². The highest BCUT2D eigenvalue weighted by atomic mass is 35.5. The molecule has 0 radical (unpaired) electrons. The molecule has 0 bridgehead atoms. The molecular weight excluding hydrogens is 236 g/mol. The van der Waals surface area contributed by atoms with Crippen molar-refractivity contribution in [2.24, 2.45) is 0 Å². The van der Waals surface area contributed by atoms with Crippen LogP contribution in [0.5, 0.6) is 0 Å². The number of oxazole rings is 1. The van der Waals surface area contributed by atoms with E-state index >= 15 is 0 Å². The van der Waals surface area contributed by atoms with E-state index in [1.165, 1.54) is 0 Å². The first-order valence-electron chi connectivity index (χ1n) is 5.89. The van der Waals surface area contributed by atoms with E-state index in [1.807, 2.05) is 19.1 Å². The van der Waals surface area contributed by atoms with Crippen molar-refractivity contribution < 1.29 is 4.42 Å². The molecule has 0 saturated carbocycles. The summed E-state index contributed by atoms with van der Waals surface area (Å²) in [5.41, 5.74) is 2.71. The Kier molecular flexibility index (Phi) is 3.69. The average Bonchev–Trinajstić information content (AvgIpc) is 2.60. The molecule has 0 amide bonds. The monoisotopic (exact) mass is 252 g/mol. The second kappa shape index (κ2) is 5.07. The number of nitrogens with one attached hydrogen (secondary N) is 1. The van der Waals surface area contributed by atoms with Crippen molar-refractivity contribution in [3.05, 3.63) is 28.6 Å². The van der Waals surface area contributed by atoms with Crippen LogP contribution in [0.4, 0.5) is 0 Å². The maximum atomic E-state index is 5.99. The Labute approximate surface area is 106 Å². The Balaban J connectivity index is 2.28. The second-order valence-corrected chi connectivity index (χ2v) is 4.78. The summed E-state index contributed by atoms with van der Waals surface area (Å²) in [6, 6.07) is 4.10. The summed E-state index contributed by atoms with van der Waals surface area (Å²) in [6.07, 6.45) is 0.791. The zero-order chi connectivity index (χ0) is 12.4. The van der Waals surface area contributed by atoms with Crippen molar-refractivity contribution in [1.29, 1.82) is 0 Å². The number of benzene rings is 1. The van der Waals surface area contributed by atoms with E-state index in [0.29, 0.717) is 11.1 Å². The zero-order valence-corrected chi connectivity index (χ0v) is 11.1. The molecule has 3 nitrogen and oxygen atoms in total. The molecule has 0 aliphatic heterocycles. The molecule has 1 aromatic heterocycles. The van der Waals surface area contributed by atoms with E-state index in [4.69, 9.17) is 16.0 Å². The fourth-order valence-corrected chi connectivity index (χ4v) is 2.24. The third-order valence-electron chi connectivity index (χ3n) is 2.72. The quantitative estimate of drug-likeness (QED) is 0.907. The van der Waals surface area contributed by atoms with E-state index in [0.717, 1.165) is 35.5 Å². The number of likely N-dealkylation sites (N-methyl/N-ethyl adjacent to an activating group) is 1. The number of halogens is 1. The van der Waals surface area contributed by atoms with Crippen molar-refractivity contribution >= 4 is 22.7 Å². The standard InChI is InChI=1S/C13H17ClN2O/c1-4-15-9(3)6-12-16-11-7-10(14)5-8(2)13(11)17-12/h5,7,9,15H,4,6H2,1-3H3. The van der Waals surface area contributed by atoms with Crippen LogP contribution < -0.4 is 5.32 Å². The van der Waals surface area contributed by atoms with Crippen LogP contribution in [0.3, 0.4) is 0 Å². The Morgan fingerprint density at radius 2 is 2.24 bits per heavy atom. The van der Waals surface area contributed by atoms with Gasteiger partial charge in [-0.1, -0.05) is 18.5 Å². The molecule has 0 fully saturated rings. The molecule has 0 saturated heterocycles. The summed E-state index contributed by atoms with van der Waals surface area (Å²) >= 11 is 5.99. The Morgan fingerprint density at radius 1 is 1.47 bits per heavy atom. The van der Waals surface area contributed by atoms with Crippen LogP contribution in [0.15, 0.2) is 16.5 Å². The molecule has 0 aliphatic rings. The summed E-state index contributed by atoms with van der Waals surface area (Å²) in [5, 5.41) is 4.04. The maximum absolute atomic E-state index is 5.99. The van der Waals surface area contributed by atoms with Crippen molar-refractivity contribution in [2.75, 3.05) is 6.54 Å². The number of aromatic nitrogens is 1. The van der Waals surface area contributed by atoms with Gasteiger partial charge >= 0.3 is 0 Å². The van der Waals surface area contributed by atoms with E-state index in [1.54, 1.807) is 0 Å². The zero-order valence-electron chi connectivity index (χ0n) is 10.4. The molecule has 17 heavy (non-hydrogen) atoms. The molecular formula is C13H17ClN2O. The largest absolute Gasteiger partial charge is 0.440 e. The average molecular weight is 253 g/mol. The van der Waals surface area contributed by atoms with Crippen molar-refractivity contribution in [3.8, 4) is 0 Å². The number of fused-ring (bicyclic) bond motifs is 1. The molecule has 1 unspecified atom stereocenters. The van der Waals surface area contributed by atoms with Gasteiger partial charge in [0, 0.05) is 17.5 Å². The van der Waals surface area contributed by atoms with Gasteiger partial charge in [-0.3, -0.25) is 0 Å². The molecule has 92 valence electrons. The summed E-state index contributed by atoms with van der Waals surface area (Å²) in [7, 11) is 0. The number of nitrogens with zero attached hydrogens (tertiary/aromatic N) is 1. The van der Waals surface area contributed by atoms with Gasteiger partial charge < -0.3 is 9.73 Å². The fourth-order valence-electron chi connectivity index (χ4n) is 1.97. The van der Waals surface area contributed by atoms with Crippen LogP contribution in [0.25, 0.3) is 11.1 Å². The Bertz CT molecular complexity index is 521. The molecule has 0 spiro atoms. The lowest BCUT2D eigenvalue weighted by molar-refractivity contribution is 0.468. The van der Waals surface area contributed by atoms with Gasteiger partial charge in [0.25, 0.3) is 0 Å².